The lowest BCUT2D eigenvalue weighted by molar-refractivity contribution is 0.0633. The Hall–Kier alpha value is -1.10. The van der Waals surface area contributed by atoms with Crippen molar-refractivity contribution >= 4 is 0 Å². The van der Waals surface area contributed by atoms with Gasteiger partial charge in [-0.3, -0.25) is 4.90 Å². The monoisotopic (exact) mass is 250 g/mol. The molecule has 0 bridgehead atoms. The number of hydrogen-bond acceptors (Lipinski definition) is 4. The molecule has 1 aromatic rings. The fourth-order valence-electron chi connectivity index (χ4n) is 2.25. The Bertz CT molecular complexity index is 353. The van der Waals surface area contributed by atoms with Gasteiger partial charge >= 0.3 is 0 Å². The Morgan fingerprint density at radius 3 is 2.78 bits per heavy atom. The fourth-order valence-corrected chi connectivity index (χ4v) is 2.25. The van der Waals surface area contributed by atoms with Gasteiger partial charge in [-0.05, 0) is 37.1 Å². The van der Waals surface area contributed by atoms with Gasteiger partial charge in [-0.1, -0.05) is 12.1 Å². The SMILES string of the molecule is NCc1ccc(OCCN2CCCC(O)C2)cc1. The van der Waals surface area contributed by atoms with E-state index in [-0.39, 0.29) is 6.10 Å². The summed E-state index contributed by atoms with van der Waals surface area (Å²) in [5.41, 5.74) is 6.65. The zero-order valence-electron chi connectivity index (χ0n) is 10.7. The second-order valence-corrected chi connectivity index (χ2v) is 4.79. The predicted molar refractivity (Wildman–Crippen MR) is 71.5 cm³/mol. The molecule has 1 atom stereocenters. The van der Waals surface area contributed by atoms with Crippen molar-refractivity contribution in [2.45, 2.75) is 25.5 Å². The maximum atomic E-state index is 9.56. The number of nitrogens with zero attached hydrogens (tertiary/aromatic N) is 1. The van der Waals surface area contributed by atoms with Crippen LogP contribution in [0, 0.1) is 0 Å². The van der Waals surface area contributed by atoms with Crippen LogP contribution in [-0.2, 0) is 6.54 Å². The summed E-state index contributed by atoms with van der Waals surface area (Å²) in [6.07, 6.45) is 1.84. The number of rotatable bonds is 5. The summed E-state index contributed by atoms with van der Waals surface area (Å²) >= 11 is 0. The number of nitrogens with two attached hydrogens (primary N) is 1. The van der Waals surface area contributed by atoms with Crippen LogP contribution >= 0.6 is 0 Å². The number of piperidine rings is 1. The zero-order valence-corrected chi connectivity index (χ0v) is 10.7. The third kappa shape index (κ3) is 3.98. The molecule has 1 unspecified atom stereocenters. The molecule has 0 saturated carbocycles. The van der Waals surface area contributed by atoms with Gasteiger partial charge in [-0.15, -0.1) is 0 Å². The number of β-amino-alcohol motifs (C(OH)–C–C–N with tert-alkyl or cyclic N) is 1. The maximum Gasteiger partial charge on any atom is 0.119 e. The minimum atomic E-state index is -0.164. The molecule has 0 aromatic heterocycles. The summed E-state index contributed by atoms with van der Waals surface area (Å²) in [6, 6.07) is 7.88. The first-order chi connectivity index (χ1) is 8.78. The highest BCUT2D eigenvalue weighted by Gasteiger charge is 2.16. The average molecular weight is 250 g/mol. The molecule has 0 radical (unpaired) electrons. The van der Waals surface area contributed by atoms with Gasteiger partial charge < -0.3 is 15.6 Å². The quantitative estimate of drug-likeness (QED) is 0.818. The van der Waals surface area contributed by atoms with Gasteiger partial charge in [0.2, 0.25) is 0 Å². The van der Waals surface area contributed by atoms with E-state index in [2.05, 4.69) is 4.90 Å². The highest BCUT2D eigenvalue weighted by Crippen LogP contribution is 2.13. The molecule has 100 valence electrons. The molecule has 0 aliphatic carbocycles. The molecule has 4 nitrogen and oxygen atoms in total. The maximum absolute atomic E-state index is 9.56. The van der Waals surface area contributed by atoms with E-state index in [1.54, 1.807) is 0 Å². The summed E-state index contributed by atoms with van der Waals surface area (Å²) in [5, 5.41) is 9.56. The second kappa shape index (κ2) is 6.73. The van der Waals surface area contributed by atoms with Gasteiger partial charge in [0.25, 0.3) is 0 Å². The number of hydrogen-bond donors (Lipinski definition) is 2. The van der Waals surface area contributed by atoms with Crippen molar-refractivity contribution in [2.75, 3.05) is 26.2 Å². The topological polar surface area (TPSA) is 58.7 Å². The molecule has 3 N–H and O–H groups in total. The number of ether oxygens (including phenoxy) is 1. The summed E-state index contributed by atoms with van der Waals surface area (Å²) in [6.45, 7) is 3.93. The van der Waals surface area contributed by atoms with Crippen LogP contribution in [0.1, 0.15) is 18.4 Å². The molecular weight excluding hydrogens is 228 g/mol. The predicted octanol–water partition coefficient (Wildman–Crippen LogP) is 0.981. The van der Waals surface area contributed by atoms with Gasteiger partial charge in [-0.2, -0.15) is 0 Å². The standard InChI is InChI=1S/C14H22N2O2/c15-10-12-3-5-14(6-4-12)18-9-8-16-7-1-2-13(17)11-16/h3-6,13,17H,1-2,7-11,15H2. The molecule has 1 aliphatic heterocycles. The first kappa shape index (κ1) is 13.3. The van der Waals surface area contributed by atoms with Crippen LogP contribution in [0.2, 0.25) is 0 Å². The lowest BCUT2D eigenvalue weighted by Crippen LogP contribution is -2.40. The lowest BCUT2D eigenvalue weighted by Gasteiger charge is -2.29. The van der Waals surface area contributed by atoms with Crippen molar-refractivity contribution in [2.24, 2.45) is 5.73 Å². The van der Waals surface area contributed by atoms with Crippen LogP contribution in [0.3, 0.4) is 0 Å². The van der Waals surface area contributed by atoms with E-state index >= 15 is 0 Å². The first-order valence-electron chi connectivity index (χ1n) is 6.60. The van der Waals surface area contributed by atoms with Crippen molar-refractivity contribution in [3.63, 3.8) is 0 Å². The molecule has 1 aromatic carbocycles. The Labute approximate surface area is 108 Å². The summed E-state index contributed by atoms with van der Waals surface area (Å²) in [5.74, 6) is 0.879. The Morgan fingerprint density at radius 2 is 2.11 bits per heavy atom. The molecule has 1 saturated heterocycles. The van der Waals surface area contributed by atoms with E-state index in [1.807, 2.05) is 24.3 Å². The normalized spacial score (nSPS) is 20.9. The van der Waals surface area contributed by atoms with Gasteiger partial charge in [0.05, 0.1) is 6.10 Å². The van der Waals surface area contributed by atoms with Crippen molar-refractivity contribution in [1.82, 2.24) is 4.90 Å². The number of benzene rings is 1. The average Bonchev–Trinajstić information content (AvgIpc) is 2.40. The molecule has 0 amide bonds. The molecule has 1 heterocycles. The van der Waals surface area contributed by atoms with Crippen LogP contribution < -0.4 is 10.5 Å². The summed E-state index contributed by atoms with van der Waals surface area (Å²) < 4.78 is 5.68. The molecule has 1 aliphatic rings. The Kier molecular flexibility index (Phi) is 4.99. The van der Waals surface area contributed by atoms with Gasteiger partial charge in [0.1, 0.15) is 12.4 Å². The smallest absolute Gasteiger partial charge is 0.119 e. The Balaban J connectivity index is 1.70. The molecule has 4 heteroatoms. The number of likely N-dealkylation sites (tertiary alicyclic amines) is 1. The minimum absolute atomic E-state index is 0.164. The van der Waals surface area contributed by atoms with Gasteiger partial charge in [0.15, 0.2) is 0 Å². The molecule has 1 fully saturated rings. The van der Waals surface area contributed by atoms with E-state index in [9.17, 15) is 5.11 Å². The van der Waals surface area contributed by atoms with E-state index in [0.29, 0.717) is 13.2 Å². The van der Waals surface area contributed by atoms with Crippen molar-refractivity contribution in [1.29, 1.82) is 0 Å². The summed E-state index contributed by atoms with van der Waals surface area (Å²) in [7, 11) is 0. The highest BCUT2D eigenvalue weighted by molar-refractivity contribution is 5.27. The lowest BCUT2D eigenvalue weighted by atomic mass is 10.1. The van der Waals surface area contributed by atoms with Crippen molar-refractivity contribution in [3.05, 3.63) is 29.8 Å². The van der Waals surface area contributed by atoms with Gasteiger partial charge in [0, 0.05) is 19.6 Å². The van der Waals surface area contributed by atoms with Crippen LogP contribution in [0.5, 0.6) is 5.75 Å². The number of aliphatic hydroxyl groups excluding tert-OH is 1. The molecule has 2 rings (SSSR count). The van der Waals surface area contributed by atoms with E-state index < -0.39 is 0 Å². The van der Waals surface area contributed by atoms with Crippen LogP contribution in [0.15, 0.2) is 24.3 Å². The molecule has 0 spiro atoms. The fraction of sp³-hybridized carbons (Fsp3) is 0.571. The van der Waals surface area contributed by atoms with Crippen molar-refractivity contribution < 1.29 is 9.84 Å². The second-order valence-electron chi connectivity index (χ2n) is 4.79. The zero-order chi connectivity index (χ0) is 12.8. The van der Waals surface area contributed by atoms with Gasteiger partial charge in [-0.25, -0.2) is 0 Å². The van der Waals surface area contributed by atoms with Crippen LogP contribution in [0.4, 0.5) is 0 Å². The minimum Gasteiger partial charge on any atom is -0.492 e. The van der Waals surface area contributed by atoms with Crippen molar-refractivity contribution in [3.8, 4) is 5.75 Å². The Morgan fingerprint density at radius 1 is 1.33 bits per heavy atom. The first-order valence-corrected chi connectivity index (χ1v) is 6.60. The third-order valence-electron chi connectivity index (χ3n) is 3.32. The van der Waals surface area contributed by atoms with Crippen LogP contribution in [0.25, 0.3) is 0 Å². The van der Waals surface area contributed by atoms with E-state index in [0.717, 1.165) is 43.8 Å². The van der Waals surface area contributed by atoms with Crippen LogP contribution in [-0.4, -0.2) is 42.4 Å². The largest absolute Gasteiger partial charge is 0.492 e. The number of aliphatic hydroxyl groups is 1. The van der Waals surface area contributed by atoms with E-state index in [1.165, 1.54) is 0 Å². The highest BCUT2D eigenvalue weighted by atomic mass is 16.5. The summed E-state index contributed by atoms with van der Waals surface area (Å²) in [4.78, 5) is 2.25. The van der Waals surface area contributed by atoms with E-state index in [4.69, 9.17) is 10.5 Å². The molecular formula is C14H22N2O2. The third-order valence-corrected chi connectivity index (χ3v) is 3.32. The molecule has 18 heavy (non-hydrogen) atoms.